The standard InChI is InChI=1S/C11H17NO3S/c1-3-4-5-8(9(13)14)11(2,15)10-12-6-7-16-10/h6-8,15H,3-5H2,1-2H3,(H,13,14). The molecule has 16 heavy (non-hydrogen) atoms. The highest BCUT2D eigenvalue weighted by Gasteiger charge is 2.40. The largest absolute Gasteiger partial charge is 0.481 e. The van der Waals surface area contributed by atoms with E-state index in [1.807, 2.05) is 6.92 Å². The van der Waals surface area contributed by atoms with Crippen LogP contribution in [0.2, 0.25) is 0 Å². The van der Waals surface area contributed by atoms with Crippen LogP contribution >= 0.6 is 11.3 Å². The molecule has 4 nitrogen and oxygen atoms in total. The summed E-state index contributed by atoms with van der Waals surface area (Å²) in [6.45, 7) is 3.53. The number of unbranched alkanes of at least 4 members (excludes halogenated alkanes) is 1. The van der Waals surface area contributed by atoms with Gasteiger partial charge in [0, 0.05) is 11.6 Å². The van der Waals surface area contributed by atoms with Crippen LogP contribution in [0.15, 0.2) is 11.6 Å². The topological polar surface area (TPSA) is 70.4 Å². The summed E-state index contributed by atoms with van der Waals surface area (Å²) in [6.07, 6.45) is 3.75. The molecule has 0 aromatic carbocycles. The first-order valence-corrected chi connectivity index (χ1v) is 6.23. The fraction of sp³-hybridized carbons (Fsp3) is 0.636. The zero-order chi connectivity index (χ0) is 12.2. The highest BCUT2D eigenvalue weighted by atomic mass is 32.1. The highest BCUT2D eigenvalue weighted by Crippen LogP contribution is 2.34. The molecule has 0 saturated carbocycles. The van der Waals surface area contributed by atoms with Crippen LogP contribution in [0.3, 0.4) is 0 Å². The number of rotatable bonds is 6. The number of carboxylic acids is 1. The Labute approximate surface area is 99.0 Å². The van der Waals surface area contributed by atoms with E-state index in [9.17, 15) is 9.90 Å². The first-order chi connectivity index (χ1) is 7.50. The molecule has 0 radical (unpaired) electrons. The van der Waals surface area contributed by atoms with E-state index in [2.05, 4.69) is 4.98 Å². The maximum Gasteiger partial charge on any atom is 0.309 e. The minimum absolute atomic E-state index is 0.469. The Kier molecular flexibility index (Phi) is 4.44. The molecule has 90 valence electrons. The SMILES string of the molecule is CCCCC(C(=O)O)C(C)(O)c1nccs1. The van der Waals surface area contributed by atoms with Crippen molar-refractivity contribution in [1.29, 1.82) is 0 Å². The number of carbonyl (C=O) groups is 1. The molecule has 1 rings (SSSR count). The zero-order valence-electron chi connectivity index (χ0n) is 9.51. The van der Waals surface area contributed by atoms with Gasteiger partial charge in [0.05, 0.1) is 5.92 Å². The molecule has 0 fully saturated rings. The fourth-order valence-electron chi connectivity index (χ4n) is 1.68. The van der Waals surface area contributed by atoms with Crippen molar-refractivity contribution >= 4 is 17.3 Å². The molecule has 2 atom stereocenters. The molecule has 2 unspecified atom stereocenters. The van der Waals surface area contributed by atoms with Gasteiger partial charge in [-0.3, -0.25) is 4.79 Å². The van der Waals surface area contributed by atoms with Crippen LogP contribution in [0.4, 0.5) is 0 Å². The maximum atomic E-state index is 11.2. The molecule has 1 aromatic rings. The third-order valence-corrected chi connectivity index (χ3v) is 3.69. The van der Waals surface area contributed by atoms with Gasteiger partial charge in [-0.15, -0.1) is 11.3 Å². The third-order valence-electron chi connectivity index (χ3n) is 2.69. The average Bonchev–Trinajstić information content (AvgIpc) is 2.70. The van der Waals surface area contributed by atoms with E-state index in [0.717, 1.165) is 12.8 Å². The predicted molar refractivity (Wildman–Crippen MR) is 62.3 cm³/mol. The number of carboxylic acid groups (broad SMARTS) is 1. The number of nitrogens with zero attached hydrogens (tertiary/aromatic N) is 1. The molecule has 2 N–H and O–H groups in total. The van der Waals surface area contributed by atoms with Crippen molar-refractivity contribution in [2.45, 2.75) is 38.7 Å². The lowest BCUT2D eigenvalue weighted by Crippen LogP contribution is -2.37. The van der Waals surface area contributed by atoms with E-state index in [1.165, 1.54) is 18.3 Å². The second-order valence-electron chi connectivity index (χ2n) is 4.02. The van der Waals surface area contributed by atoms with Gasteiger partial charge in [0.2, 0.25) is 0 Å². The van der Waals surface area contributed by atoms with Crippen LogP contribution in [0.1, 0.15) is 38.1 Å². The molecule has 0 aliphatic heterocycles. The molecule has 5 heteroatoms. The lowest BCUT2D eigenvalue weighted by molar-refractivity contribution is -0.152. The summed E-state index contributed by atoms with van der Waals surface area (Å²) in [5.74, 6) is -1.76. The first kappa shape index (κ1) is 13.1. The van der Waals surface area contributed by atoms with Crippen molar-refractivity contribution in [3.8, 4) is 0 Å². The van der Waals surface area contributed by atoms with Gasteiger partial charge in [-0.2, -0.15) is 0 Å². The molecule has 1 heterocycles. The number of hydrogen-bond acceptors (Lipinski definition) is 4. The Hall–Kier alpha value is -0.940. The second kappa shape index (κ2) is 5.41. The Morgan fingerprint density at radius 2 is 2.38 bits per heavy atom. The Balaban J connectivity index is 2.88. The van der Waals surface area contributed by atoms with Crippen LogP contribution < -0.4 is 0 Å². The number of thiazole rings is 1. The second-order valence-corrected chi connectivity index (χ2v) is 4.91. The molecule has 0 aliphatic rings. The van der Waals surface area contributed by atoms with E-state index >= 15 is 0 Å². The zero-order valence-corrected chi connectivity index (χ0v) is 10.3. The number of aromatic nitrogens is 1. The summed E-state index contributed by atoms with van der Waals surface area (Å²) in [4.78, 5) is 15.2. The van der Waals surface area contributed by atoms with E-state index < -0.39 is 17.5 Å². The van der Waals surface area contributed by atoms with Crippen LogP contribution in [0, 0.1) is 5.92 Å². The molecule has 0 amide bonds. The van der Waals surface area contributed by atoms with Crippen LogP contribution in [-0.2, 0) is 10.4 Å². The lowest BCUT2D eigenvalue weighted by atomic mass is 9.85. The minimum Gasteiger partial charge on any atom is -0.481 e. The van der Waals surface area contributed by atoms with Crippen molar-refractivity contribution in [1.82, 2.24) is 4.98 Å². The molecule has 0 spiro atoms. The van der Waals surface area contributed by atoms with Crippen LogP contribution in [0.25, 0.3) is 0 Å². The van der Waals surface area contributed by atoms with Crippen molar-refractivity contribution in [3.63, 3.8) is 0 Å². The van der Waals surface area contributed by atoms with Crippen molar-refractivity contribution in [2.24, 2.45) is 5.92 Å². The first-order valence-electron chi connectivity index (χ1n) is 5.35. The van der Waals surface area contributed by atoms with Gasteiger partial charge in [-0.1, -0.05) is 19.8 Å². The van der Waals surface area contributed by atoms with Gasteiger partial charge in [0.25, 0.3) is 0 Å². The quantitative estimate of drug-likeness (QED) is 0.804. The van der Waals surface area contributed by atoms with Crippen LogP contribution in [0.5, 0.6) is 0 Å². The van der Waals surface area contributed by atoms with Gasteiger partial charge in [-0.25, -0.2) is 4.98 Å². The lowest BCUT2D eigenvalue weighted by Gasteiger charge is -2.27. The normalized spacial score (nSPS) is 16.7. The molecule has 0 saturated heterocycles. The Bertz CT molecular complexity index is 335. The molecular weight excluding hydrogens is 226 g/mol. The summed E-state index contributed by atoms with van der Waals surface area (Å²) in [5.41, 5.74) is -1.38. The van der Waals surface area contributed by atoms with E-state index in [1.54, 1.807) is 11.6 Å². The number of aliphatic carboxylic acids is 1. The van der Waals surface area contributed by atoms with E-state index in [-0.39, 0.29) is 0 Å². The summed E-state index contributed by atoms with van der Waals surface area (Å²) in [7, 11) is 0. The monoisotopic (exact) mass is 243 g/mol. The summed E-state index contributed by atoms with van der Waals surface area (Å²) < 4.78 is 0. The maximum absolute atomic E-state index is 11.2. The summed E-state index contributed by atoms with van der Waals surface area (Å²) in [6, 6.07) is 0. The Morgan fingerprint density at radius 1 is 1.69 bits per heavy atom. The fourth-order valence-corrected chi connectivity index (χ4v) is 2.43. The highest BCUT2D eigenvalue weighted by molar-refractivity contribution is 7.09. The molecule has 0 bridgehead atoms. The van der Waals surface area contributed by atoms with E-state index in [4.69, 9.17) is 5.11 Å². The van der Waals surface area contributed by atoms with Crippen molar-refractivity contribution in [2.75, 3.05) is 0 Å². The third kappa shape index (κ3) is 2.80. The van der Waals surface area contributed by atoms with Crippen molar-refractivity contribution < 1.29 is 15.0 Å². The summed E-state index contributed by atoms with van der Waals surface area (Å²) in [5, 5.41) is 21.7. The van der Waals surface area contributed by atoms with Crippen molar-refractivity contribution in [3.05, 3.63) is 16.6 Å². The van der Waals surface area contributed by atoms with Gasteiger partial charge < -0.3 is 10.2 Å². The Morgan fingerprint density at radius 3 is 2.81 bits per heavy atom. The smallest absolute Gasteiger partial charge is 0.309 e. The number of hydrogen-bond donors (Lipinski definition) is 2. The van der Waals surface area contributed by atoms with Gasteiger partial charge in [0.1, 0.15) is 10.6 Å². The molecular formula is C11H17NO3S. The van der Waals surface area contributed by atoms with E-state index in [0.29, 0.717) is 11.4 Å². The minimum atomic E-state index is -1.38. The van der Waals surface area contributed by atoms with Gasteiger partial charge in [0.15, 0.2) is 0 Å². The van der Waals surface area contributed by atoms with Crippen LogP contribution in [-0.4, -0.2) is 21.2 Å². The molecule has 1 aromatic heterocycles. The van der Waals surface area contributed by atoms with Gasteiger partial charge >= 0.3 is 5.97 Å². The number of aliphatic hydroxyl groups is 1. The average molecular weight is 243 g/mol. The van der Waals surface area contributed by atoms with Gasteiger partial charge in [-0.05, 0) is 13.3 Å². The molecule has 0 aliphatic carbocycles. The predicted octanol–water partition coefficient (Wildman–Crippen LogP) is 2.24. The summed E-state index contributed by atoms with van der Waals surface area (Å²) >= 11 is 1.28.